The van der Waals surface area contributed by atoms with Gasteiger partial charge in [0.05, 0.1) is 6.04 Å². The van der Waals surface area contributed by atoms with E-state index in [0.29, 0.717) is 6.54 Å². The van der Waals surface area contributed by atoms with Crippen LogP contribution >= 0.6 is 15.9 Å². The molecule has 1 amide bonds. The molecular weight excluding hydrogens is 338 g/mol. The van der Waals surface area contributed by atoms with Crippen molar-refractivity contribution in [1.29, 1.82) is 0 Å². The summed E-state index contributed by atoms with van der Waals surface area (Å²) in [5.41, 5.74) is 0.755. The largest absolute Gasteiger partial charge is 0.479 e. The molecule has 0 bridgehead atoms. The molecule has 2 rings (SSSR count). The summed E-state index contributed by atoms with van der Waals surface area (Å²) in [6, 6.07) is 6.72. The minimum Gasteiger partial charge on any atom is -0.479 e. The fourth-order valence-corrected chi connectivity index (χ4v) is 2.93. The van der Waals surface area contributed by atoms with Gasteiger partial charge in [-0.05, 0) is 23.6 Å². The van der Waals surface area contributed by atoms with Gasteiger partial charge in [-0.15, -0.1) is 0 Å². The molecule has 1 aliphatic rings. The molecule has 6 heteroatoms. The van der Waals surface area contributed by atoms with Gasteiger partial charge < -0.3 is 14.7 Å². The molecule has 2 atom stereocenters. The lowest BCUT2D eigenvalue weighted by Gasteiger charge is -2.40. The zero-order valence-electron chi connectivity index (χ0n) is 12.0. The number of nitrogens with zero attached hydrogens (tertiary/aromatic N) is 1. The van der Waals surface area contributed by atoms with Crippen LogP contribution in [-0.2, 0) is 14.3 Å². The van der Waals surface area contributed by atoms with Crippen molar-refractivity contribution in [3.63, 3.8) is 0 Å². The van der Waals surface area contributed by atoms with E-state index in [1.54, 1.807) is 4.90 Å². The number of carbonyl (C=O) groups excluding carboxylic acids is 1. The Morgan fingerprint density at radius 2 is 2.24 bits per heavy atom. The zero-order chi connectivity index (χ0) is 15.6. The monoisotopic (exact) mass is 355 g/mol. The van der Waals surface area contributed by atoms with Gasteiger partial charge >= 0.3 is 5.97 Å². The van der Waals surface area contributed by atoms with Gasteiger partial charge in [0.2, 0.25) is 5.91 Å². The average Bonchev–Trinajstić information content (AvgIpc) is 2.40. The molecule has 0 saturated carbocycles. The molecular formula is C15H18BrNO4. The quantitative estimate of drug-likeness (QED) is 0.900. The second kappa shape index (κ2) is 6.58. The Labute approximate surface area is 132 Å². The fraction of sp³-hybridized carbons (Fsp3) is 0.467. The van der Waals surface area contributed by atoms with Crippen molar-refractivity contribution in [2.24, 2.45) is 5.92 Å². The van der Waals surface area contributed by atoms with Gasteiger partial charge in [-0.25, -0.2) is 4.79 Å². The first-order valence-electron chi connectivity index (χ1n) is 6.79. The number of morpholine rings is 1. The molecule has 1 fully saturated rings. The van der Waals surface area contributed by atoms with E-state index in [0.717, 1.165) is 10.0 Å². The topological polar surface area (TPSA) is 66.8 Å². The van der Waals surface area contributed by atoms with Crippen LogP contribution in [0.1, 0.15) is 25.5 Å². The van der Waals surface area contributed by atoms with E-state index in [9.17, 15) is 14.7 Å². The van der Waals surface area contributed by atoms with Gasteiger partial charge in [0.15, 0.2) is 6.10 Å². The maximum atomic E-state index is 12.2. The number of hydrogen-bond acceptors (Lipinski definition) is 3. The molecule has 0 spiro atoms. The molecule has 0 aliphatic carbocycles. The third-order valence-electron chi connectivity index (χ3n) is 3.32. The Morgan fingerprint density at radius 3 is 2.81 bits per heavy atom. The highest BCUT2D eigenvalue weighted by Crippen LogP contribution is 2.32. The van der Waals surface area contributed by atoms with Crippen molar-refractivity contribution in [2.75, 3.05) is 13.2 Å². The van der Waals surface area contributed by atoms with Crippen LogP contribution in [0.5, 0.6) is 0 Å². The van der Waals surface area contributed by atoms with E-state index in [4.69, 9.17) is 4.74 Å². The minimum atomic E-state index is -1.05. The highest BCUT2D eigenvalue weighted by atomic mass is 79.9. The standard InChI is InChI=1S/C15H18BrNO4/c1-9(2)7-17-12(18)8-21-14(15(19)20)13(17)10-4-3-5-11(16)6-10/h3-6,9,13-14H,7-8H2,1-2H3,(H,19,20). The molecule has 1 aromatic rings. The van der Waals surface area contributed by atoms with Gasteiger partial charge in [0.25, 0.3) is 0 Å². The Hall–Kier alpha value is -1.40. The van der Waals surface area contributed by atoms with E-state index in [2.05, 4.69) is 15.9 Å². The third-order valence-corrected chi connectivity index (χ3v) is 3.82. The van der Waals surface area contributed by atoms with Crippen molar-refractivity contribution < 1.29 is 19.4 Å². The number of amides is 1. The maximum absolute atomic E-state index is 12.2. The molecule has 1 aliphatic heterocycles. The summed E-state index contributed by atoms with van der Waals surface area (Å²) in [4.78, 5) is 25.3. The lowest BCUT2D eigenvalue weighted by molar-refractivity contribution is -0.173. The van der Waals surface area contributed by atoms with E-state index in [1.165, 1.54) is 0 Å². The van der Waals surface area contributed by atoms with Crippen molar-refractivity contribution >= 4 is 27.8 Å². The molecule has 0 aromatic heterocycles. The van der Waals surface area contributed by atoms with Crippen LogP contribution in [0.3, 0.4) is 0 Å². The Bertz CT molecular complexity index is 546. The van der Waals surface area contributed by atoms with Gasteiger partial charge in [0, 0.05) is 11.0 Å². The van der Waals surface area contributed by atoms with Crippen LogP contribution < -0.4 is 0 Å². The second-order valence-electron chi connectivity index (χ2n) is 5.51. The number of aliphatic carboxylic acids is 1. The molecule has 1 heterocycles. The van der Waals surface area contributed by atoms with Gasteiger partial charge in [-0.3, -0.25) is 4.79 Å². The Kier molecular flexibility index (Phi) is 5.00. The Morgan fingerprint density at radius 1 is 1.52 bits per heavy atom. The molecule has 1 aromatic carbocycles. The van der Waals surface area contributed by atoms with E-state index < -0.39 is 18.1 Å². The number of hydrogen-bond donors (Lipinski definition) is 1. The highest BCUT2D eigenvalue weighted by Gasteiger charge is 2.41. The molecule has 2 unspecified atom stereocenters. The number of carboxylic acid groups (broad SMARTS) is 1. The fourth-order valence-electron chi connectivity index (χ4n) is 2.51. The number of benzene rings is 1. The predicted molar refractivity (Wildman–Crippen MR) is 80.8 cm³/mol. The first-order chi connectivity index (χ1) is 9.90. The summed E-state index contributed by atoms with van der Waals surface area (Å²) in [6.45, 7) is 4.31. The van der Waals surface area contributed by atoms with Crippen LogP contribution in [0.15, 0.2) is 28.7 Å². The number of rotatable bonds is 4. The molecule has 114 valence electrons. The summed E-state index contributed by atoms with van der Waals surface area (Å²) in [7, 11) is 0. The highest BCUT2D eigenvalue weighted by molar-refractivity contribution is 9.10. The number of ether oxygens (including phenoxy) is 1. The first kappa shape index (κ1) is 16.0. The molecule has 1 saturated heterocycles. The first-order valence-corrected chi connectivity index (χ1v) is 7.58. The van der Waals surface area contributed by atoms with E-state index in [-0.39, 0.29) is 18.4 Å². The molecule has 1 N–H and O–H groups in total. The number of halogens is 1. The van der Waals surface area contributed by atoms with Gasteiger partial charge in [-0.2, -0.15) is 0 Å². The summed E-state index contributed by atoms with van der Waals surface area (Å²) < 4.78 is 6.10. The maximum Gasteiger partial charge on any atom is 0.335 e. The van der Waals surface area contributed by atoms with Crippen molar-refractivity contribution in [2.45, 2.75) is 26.0 Å². The predicted octanol–water partition coefficient (Wildman–Crippen LogP) is 2.46. The minimum absolute atomic E-state index is 0.175. The summed E-state index contributed by atoms with van der Waals surface area (Å²) in [5.74, 6) is -0.983. The van der Waals surface area contributed by atoms with Crippen LogP contribution in [-0.4, -0.2) is 41.1 Å². The molecule has 0 radical (unpaired) electrons. The lowest BCUT2D eigenvalue weighted by atomic mass is 9.96. The van der Waals surface area contributed by atoms with Crippen LogP contribution in [0.25, 0.3) is 0 Å². The SMILES string of the molecule is CC(C)CN1C(=O)COC(C(=O)O)C1c1cccc(Br)c1. The van der Waals surface area contributed by atoms with Gasteiger partial charge in [0.1, 0.15) is 6.61 Å². The summed E-state index contributed by atoms with van der Waals surface area (Å²) >= 11 is 3.38. The van der Waals surface area contributed by atoms with Crippen molar-refractivity contribution in [3.8, 4) is 0 Å². The van der Waals surface area contributed by atoms with E-state index >= 15 is 0 Å². The molecule has 21 heavy (non-hydrogen) atoms. The van der Waals surface area contributed by atoms with Gasteiger partial charge in [-0.1, -0.05) is 41.9 Å². The second-order valence-corrected chi connectivity index (χ2v) is 6.43. The summed E-state index contributed by atoms with van der Waals surface area (Å²) in [5, 5.41) is 9.40. The van der Waals surface area contributed by atoms with Crippen molar-refractivity contribution in [3.05, 3.63) is 34.3 Å². The third kappa shape index (κ3) is 3.63. The van der Waals surface area contributed by atoms with Crippen LogP contribution in [0, 0.1) is 5.92 Å². The van der Waals surface area contributed by atoms with Crippen molar-refractivity contribution in [1.82, 2.24) is 4.90 Å². The summed E-state index contributed by atoms with van der Waals surface area (Å²) in [6.07, 6.45) is -1.05. The molecule has 5 nitrogen and oxygen atoms in total. The average molecular weight is 356 g/mol. The smallest absolute Gasteiger partial charge is 0.335 e. The van der Waals surface area contributed by atoms with Crippen LogP contribution in [0.4, 0.5) is 0 Å². The zero-order valence-corrected chi connectivity index (χ0v) is 13.5. The number of carboxylic acids is 1. The number of carbonyl (C=O) groups is 2. The van der Waals surface area contributed by atoms with E-state index in [1.807, 2.05) is 38.1 Å². The van der Waals surface area contributed by atoms with Crippen LogP contribution in [0.2, 0.25) is 0 Å². The normalized spacial score (nSPS) is 22.7. The Balaban J connectivity index is 2.43. The lowest BCUT2D eigenvalue weighted by Crippen LogP contribution is -2.52.